The molecule has 0 unspecified atom stereocenters. The van der Waals surface area contributed by atoms with Crippen molar-refractivity contribution in [3.8, 4) is 0 Å². The number of hydrogen-bond acceptors (Lipinski definition) is 6. The maximum absolute atomic E-state index is 13.4. The van der Waals surface area contributed by atoms with Crippen molar-refractivity contribution >= 4 is 42.9 Å². The van der Waals surface area contributed by atoms with E-state index in [-0.39, 0.29) is 40.5 Å². The minimum absolute atomic E-state index is 0.0397. The third kappa shape index (κ3) is 8.54. The van der Waals surface area contributed by atoms with Crippen molar-refractivity contribution in [3.63, 3.8) is 0 Å². The van der Waals surface area contributed by atoms with E-state index in [1.54, 1.807) is 0 Å². The second kappa shape index (κ2) is 12.6. The minimum Gasteiger partial charge on any atom is -0.480 e. The molecule has 1 aromatic heterocycles. The molecule has 4 aromatic rings. The van der Waals surface area contributed by atoms with Gasteiger partial charge in [-0.1, -0.05) is 12.1 Å². The molecule has 0 spiro atoms. The van der Waals surface area contributed by atoms with E-state index in [9.17, 15) is 61.1 Å². The number of hydrogen-bond donors (Lipinski definition) is 4. The van der Waals surface area contributed by atoms with Gasteiger partial charge in [-0.05, 0) is 60.5 Å². The number of rotatable bonds is 10. The number of carboxylic acids is 1. The Labute approximate surface area is 264 Å². The number of fused-ring (bicyclic) bond motifs is 1. The molecule has 0 saturated carbocycles. The molecule has 0 saturated heterocycles. The predicted molar refractivity (Wildman–Crippen MR) is 149 cm³/mol. The van der Waals surface area contributed by atoms with Crippen molar-refractivity contribution in [1.82, 2.24) is 14.7 Å². The maximum atomic E-state index is 13.4. The van der Waals surface area contributed by atoms with Crippen LogP contribution in [-0.4, -0.2) is 44.4 Å². The van der Waals surface area contributed by atoms with Gasteiger partial charge in [-0.15, -0.1) is 0 Å². The Morgan fingerprint density at radius 1 is 0.833 bits per heavy atom. The van der Waals surface area contributed by atoms with Crippen molar-refractivity contribution in [3.05, 3.63) is 88.7 Å². The summed E-state index contributed by atoms with van der Waals surface area (Å²) in [5, 5.41) is 14.1. The van der Waals surface area contributed by atoms with E-state index in [1.807, 2.05) is 4.72 Å². The molecule has 11 nitrogen and oxygen atoms in total. The zero-order valence-electron chi connectivity index (χ0n) is 23.4. The van der Waals surface area contributed by atoms with E-state index < -0.39 is 91.1 Å². The van der Waals surface area contributed by atoms with Crippen LogP contribution in [0.4, 0.5) is 45.2 Å². The quantitative estimate of drug-likeness (QED) is 0.166. The van der Waals surface area contributed by atoms with Crippen LogP contribution in [0, 0.1) is 0 Å². The van der Waals surface area contributed by atoms with Crippen LogP contribution in [-0.2, 0) is 50.0 Å². The Morgan fingerprint density at radius 2 is 1.38 bits per heavy atom. The summed E-state index contributed by atoms with van der Waals surface area (Å²) in [6, 6.07) is 4.62. The highest BCUT2D eigenvalue weighted by molar-refractivity contribution is 7.90. The van der Waals surface area contributed by atoms with Gasteiger partial charge in [0.2, 0.25) is 10.0 Å². The first-order valence-electron chi connectivity index (χ1n) is 12.8. The minimum atomic E-state index is -5.40. The first-order valence-corrected chi connectivity index (χ1v) is 15.8. The Morgan fingerprint density at radius 3 is 1.85 bits per heavy atom. The van der Waals surface area contributed by atoms with Crippen LogP contribution in [0.15, 0.2) is 65.6 Å². The Kier molecular flexibility index (Phi) is 9.53. The fourth-order valence-electron chi connectivity index (χ4n) is 4.39. The lowest BCUT2D eigenvalue weighted by Crippen LogP contribution is -2.40. The summed E-state index contributed by atoms with van der Waals surface area (Å²) in [5.74, 6) is -1.98. The lowest BCUT2D eigenvalue weighted by molar-refractivity contribution is -0.143. The topological polar surface area (TPSA) is 176 Å². The summed E-state index contributed by atoms with van der Waals surface area (Å²) in [7, 11) is -9.87. The van der Waals surface area contributed by atoms with Crippen molar-refractivity contribution in [2.45, 2.75) is 35.9 Å². The normalized spacial score (nSPS) is 13.9. The number of aromatic nitrogens is 2. The number of alkyl halides is 9. The summed E-state index contributed by atoms with van der Waals surface area (Å²) >= 11 is 0. The number of aliphatic carboxylic acids is 1. The van der Waals surface area contributed by atoms with E-state index in [1.165, 1.54) is 0 Å². The largest absolute Gasteiger partial charge is 0.480 e. The smallest absolute Gasteiger partial charge is 0.416 e. The number of sulfonamides is 1. The second-order valence-corrected chi connectivity index (χ2v) is 13.3. The first kappa shape index (κ1) is 36.4. The molecule has 3 aromatic carbocycles. The standard InChI is InChI=1S/C26H20F9N5O6S2/c27-24(28,29)14-3-6-19-20(11-14)38-23(37-19)21(7-13-1-4-17(5-2-13)40(12-22(41)42)48(36,45)46)39-47(43,44)18-9-15(25(30,31)32)8-16(10-18)26(33,34)35/h1-6,8-11,21,39H,7,12H2,(H,37,38)(H,41,42)(H2,36,45,46)/t21-/m0/s1. The summed E-state index contributed by atoms with van der Waals surface area (Å²) in [4.78, 5) is 16.2. The SMILES string of the molecule is NS(=O)(=O)N(CC(=O)O)c1ccc(C[C@H](NS(=O)(=O)c2cc(C(F)(F)F)cc(C(F)(F)F)c2)c2nc3ccc(C(F)(F)F)cc3[nH]2)cc1. The van der Waals surface area contributed by atoms with Crippen LogP contribution in [0.2, 0.25) is 0 Å². The third-order valence-electron chi connectivity index (χ3n) is 6.58. The number of H-pyrrole nitrogens is 1. The first-order chi connectivity index (χ1) is 21.8. The molecule has 4 rings (SSSR count). The molecule has 1 heterocycles. The molecule has 0 aliphatic heterocycles. The lowest BCUT2D eigenvalue weighted by atomic mass is 10.1. The van der Waals surface area contributed by atoms with Gasteiger partial charge in [-0.2, -0.15) is 47.9 Å². The van der Waals surface area contributed by atoms with Gasteiger partial charge >= 0.3 is 24.5 Å². The van der Waals surface area contributed by atoms with Crippen molar-refractivity contribution < 1.29 is 66.3 Å². The highest BCUT2D eigenvalue weighted by Crippen LogP contribution is 2.38. The molecule has 0 aliphatic rings. The summed E-state index contributed by atoms with van der Waals surface area (Å²) < 4.78 is 173. The number of nitrogens with two attached hydrogens (primary N) is 1. The number of imidazole rings is 1. The Hall–Kier alpha value is -4.41. The third-order valence-corrected chi connectivity index (χ3v) is 8.98. The zero-order chi connectivity index (χ0) is 36.0. The van der Waals surface area contributed by atoms with E-state index in [2.05, 4.69) is 9.97 Å². The lowest BCUT2D eigenvalue weighted by Gasteiger charge is -2.21. The van der Waals surface area contributed by atoms with Crippen LogP contribution in [0.5, 0.6) is 0 Å². The fraction of sp³-hybridized carbons (Fsp3) is 0.231. The average molecular weight is 734 g/mol. The molecule has 0 radical (unpaired) electrons. The van der Waals surface area contributed by atoms with Gasteiger partial charge in [0.15, 0.2) is 0 Å². The molecular formula is C26H20F9N5O6S2. The number of nitrogens with one attached hydrogen (secondary N) is 2. The molecular weight excluding hydrogens is 713 g/mol. The van der Waals surface area contributed by atoms with Gasteiger partial charge in [-0.3, -0.25) is 4.79 Å². The number of halogens is 9. The summed E-state index contributed by atoms with van der Waals surface area (Å²) in [6.45, 7) is -1.09. The van der Waals surface area contributed by atoms with Gasteiger partial charge in [-0.25, -0.2) is 27.6 Å². The van der Waals surface area contributed by atoms with Gasteiger partial charge in [0.05, 0.1) is 44.3 Å². The number of carbonyl (C=O) groups is 1. The van der Waals surface area contributed by atoms with E-state index in [0.717, 1.165) is 30.3 Å². The van der Waals surface area contributed by atoms with Gasteiger partial charge in [0.1, 0.15) is 12.4 Å². The number of anilines is 1. The second-order valence-electron chi connectivity index (χ2n) is 10.1. The van der Waals surface area contributed by atoms with Crippen LogP contribution in [0.3, 0.4) is 0 Å². The molecule has 0 amide bonds. The zero-order valence-corrected chi connectivity index (χ0v) is 25.1. The van der Waals surface area contributed by atoms with E-state index in [4.69, 9.17) is 10.2 Å². The summed E-state index contributed by atoms with van der Waals surface area (Å²) in [6.07, 6.45) is -16.1. The average Bonchev–Trinajstić information content (AvgIpc) is 3.37. The van der Waals surface area contributed by atoms with Crippen molar-refractivity contribution in [2.75, 3.05) is 10.8 Å². The molecule has 0 bridgehead atoms. The van der Waals surface area contributed by atoms with Crippen LogP contribution >= 0.6 is 0 Å². The fourth-order valence-corrected chi connectivity index (χ4v) is 6.36. The van der Waals surface area contributed by atoms with Crippen LogP contribution in [0.1, 0.15) is 34.1 Å². The van der Waals surface area contributed by atoms with Gasteiger partial charge in [0.25, 0.3) is 10.2 Å². The molecule has 22 heteroatoms. The molecule has 0 aliphatic carbocycles. The molecule has 5 N–H and O–H groups in total. The molecule has 1 atom stereocenters. The number of benzene rings is 3. The highest BCUT2D eigenvalue weighted by atomic mass is 32.2. The van der Waals surface area contributed by atoms with Crippen LogP contribution in [0.25, 0.3) is 11.0 Å². The predicted octanol–water partition coefficient (Wildman–Crippen LogP) is 4.98. The number of carboxylic acid groups (broad SMARTS) is 1. The number of aromatic amines is 1. The Balaban J connectivity index is 1.81. The van der Waals surface area contributed by atoms with Crippen molar-refractivity contribution in [1.29, 1.82) is 0 Å². The van der Waals surface area contributed by atoms with E-state index in [0.29, 0.717) is 16.4 Å². The van der Waals surface area contributed by atoms with Gasteiger partial charge in [0, 0.05) is 0 Å². The van der Waals surface area contributed by atoms with Gasteiger partial charge < -0.3 is 10.1 Å². The van der Waals surface area contributed by atoms with Crippen molar-refractivity contribution in [2.24, 2.45) is 5.14 Å². The Bertz CT molecular complexity index is 2030. The van der Waals surface area contributed by atoms with E-state index >= 15 is 0 Å². The van der Waals surface area contributed by atoms with Crippen LogP contribution < -0.4 is 14.2 Å². The molecule has 260 valence electrons. The molecule has 0 fully saturated rings. The molecule has 48 heavy (non-hydrogen) atoms. The summed E-state index contributed by atoms with van der Waals surface area (Å²) in [5.41, 5.74) is -5.52. The number of nitrogens with zero attached hydrogens (tertiary/aromatic N) is 2. The maximum Gasteiger partial charge on any atom is 0.416 e. The monoisotopic (exact) mass is 733 g/mol. The highest BCUT2D eigenvalue weighted by Gasteiger charge is 2.39.